The first-order valence-electron chi connectivity index (χ1n) is 8.85. The topological polar surface area (TPSA) is 40.6 Å². The fourth-order valence-electron chi connectivity index (χ4n) is 3.19. The van der Waals surface area contributed by atoms with Gasteiger partial charge in [-0.2, -0.15) is 0 Å². The number of nitrogens with zero attached hydrogens (tertiary/aromatic N) is 2. The van der Waals surface area contributed by atoms with Crippen molar-refractivity contribution in [1.29, 1.82) is 0 Å². The third kappa shape index (κ3) is 3.93. The summed E-state index contributed by atoms with van der Waals surface area (Å²) in [5.41, 5.74) is 2.50. The third-order valence-corrected chi connectivity index (χ3v) is 5.00. The highest BCUT2D eigenvalue weighted by atomic mass is 19.1. The Bertz CT molecular complexity index is 787. The van der Waals surface area contributed by atoms with E-state index in [1.807, 2.05) is 24.0 Å². The van der Waals surface area contributed by atoms with Crippen molar-refractivity contribution in [3.05, 3.63) is 71.0 Å². The van der Waals surface area contributed by atoms with Gasteiger partial charge in [-0.3, -0.25) is 9.59 Å². The SMILES string of the molecule is CC(c1ccc(F)cc1)N(C)C(=O)c1ccc(CN2CCCC2=O)cc1. The maximum absolute atomic E-state index is 13.1. The second-order valence-electron chi connectivity index (χ2n) is 6.76. The average molecular weight is 354 g/mol. The Hall–Kier alpha value is -2.69. The van der Waals surface area contributed by atoms with E-state index in [9.17, 15) is 14.0 Å². The van der Waals surface area contributed by atoms with Crippen LogP contribution < -0.4 is 0 Å². The minimum atomic E-state index is -0.290. The van der Waals surface area contributed by atoms with Crippen LogP contribution in [0.5, 0.6) is 0 Å². The molecule has 4 nitrogen and oxygen atoms in total. The molecule has 2 aromatic carbocycles. The highest BCUT2D eigenvalue weighted by Gasteiger charge is 2.21. The molecule has 0 radical (unpaired) electrons. The van der Waals surface area contributed by atoms with Gasteiger partial charge in [-0.15, -0.1) is 0 Å². The van der Waals surface area contributed by atoms with Crippen molar-refractivity contribution in [3.8, 4) is 0 Å². The molecule has 2 amide bonds. The van der Waals surface area contributed by atoms with E-state index < -0.39 is 0 Å². The zero-order chi connectivity index (χ0) is 18.7. The number of halogens is 1. The largest absolute Gasteiger partial charge is 0.338 e. The minimum Gasteiger partial charge on any atom is -0.338 e. The summed E-state index contributed by atoms with van der Waals surface area (Å²) < 4.78 is 13.1. The molecular weight excluding hydrogens is 331 g/mol. The number of carbonyl (C=O) groups excluding carboxylic acids is 2. The quantitative estimate of drug-likeness (QED) is 0.820. The van der Waals surface area contributed by atoms with Gasteiger partial charge in [-0.25, -0.2) is 4.39 Å². The first kappa shape index (κ1) is 18.1. The van der Waals surface area contributed by atoms with Crippen LogP contribution in [0.1, 0.15) is 47.3 Å². The number of rotatable bonds is 5. The summed E-state index contributed by atoms with van der Waals surface area (Å²) in [6.07, 6.45) is 1.55. The van der Waals surface area contributed by atoms with Crippen LogP contribution in [0, 0.1) is 5.82 Å². The van der Waals surface area contributed by atoms with Crippen molar-refractivity contribution in [2.75, 3.05) is 13.6 Å². The van der Waals surface area contributed by atoms with Gasteiger partial charge in [0.2, 0.25) is 5.91 Å². The summed E-state index contributed by atoms with van der Waals surface area (Å²) >= 11 is 0. The molecule has 0 N–H and O–H groups in total. The molecule has 1 aliphatic rings. The second kappa shape index (κ2) is 7.68. The summed E-state index contributed by atoms with van der Waals surface area (Å²) in [6, 6.07) is 13.4. The highest BCUT2D eigenvalue weighted by molar-refractivity contribution is 5.94. The monoisotopic (exact) mass is 354 g/mol. The van der Waals surface area contributed by atoms with Crippen LogP contribution in [0.2, 0.25) is 0 Å². The van der Waals surface area contributed by atoms with Crippen LogP contribution in [0.3, 0.4) is 0 Å². The molecule has 0 spiro atoms. The normalized spacial score (nSPS) is 15.2. The van der Waals surface area contributed by atoms with Gasteiger partial charge in [0, 0.05) is 32.1 Å². The molecule has 0 saturated carbocycles. The fourth-order valence-corrected chi connectivity index (χ4v) is 3.19. The van der Waals surface area contributed by atoms with Crippen molar-refractivity contribution in [2.45, 2.75) is 32.4 Å². The number of hydrogen-bond donors (Lipinski definition) is 0. The molecule has 1 unspecified atom stereocenters. The lowest BCUT2D eigenvalue weighted by Crippen LogP contribution is -2.29. The van der Waals surface area contributed by atoms with E-state index >= 15 is 0 Å². The minimum absolute atomic E-state index is 0.0920. The Morgan fingerprint density at radius 2 is 1.81 bits per heavy atom. The van der Waals surface area contributed by atoms with Gasteiger partial charge >= 0.3 is 0 Å². The van der Waals surface area contributed by atoms with Crippen LogP contribution in [0.15, 0.2) is 48.5 Å². The van der Waals surface area contributed by atoms with E-state index in [1.54, 1.807) is 36.2 Å². The van der Waals surface area contributed by atoms with Gasteiger partial charge in [0.25, 0.3) is 5.91 Å². The Morgan fingerprint density at radius 1 is 1.15 bits per heavy atom. The molecule has 26 heavy (non-hydrogen) atoms. The molecule has 1 fully saturated rings. The number of benzene rings is 2. The van der Waals surface area contributed by atoms with Gasteiger partial charge in [-0.1, -0.05) is 24.3 Å². The van der Waals surface area contributed by atoms with Gasteiger partial charge in [0.15, 0.2) is 0 Å². The predicted molar refractivity (Wildman–Crippen MR) is 98.0 cm³/mol. The van der Waals surface area contributed by atoms with Crippen molar-refractivity contribution in [1.82, 2.24) is 9.80 Å². The second-order valence-corrected chi connectivity index (χ2v) is 6.76. The Kier molecular flexibility index (Phi) is 5.35. The molecule has 0 aliphatic carbocycles. The van der Waals surface area contributed by atoms with Crippen LogP contribution in [0.4, 0.5) is 4.39 Å². The average Bonchev–Trinajstić information content (AvgIpc) is 3.06. The lowest BCUT2D eigenvalue weighted by atomic mass is 10.1. The fraction of sp³-hybridized carbons (Fsp3) is 0.333. The Labute approximate surface area is 153 Å². The van der Waals surface area contributed by atoms with E-state index in [4.69, 9.17) is 0 Å². The highest BCUT2D eigenvalue weighted by Crippen LogP contribution is 2.22. The van der Waals surface area contributed by atoms with Crippen LogP contribution in [-0.2, 0) is 11.3 Å². The van der Waals surface area contributed by atoms with E-state index in [-0.39, 0.29) is 23.7 Å². The van der Waals surface area contributed by atoms with Gasteiger partial charge in [0.05, 0.1) is 6.04 Å². The summed E-state index contributed by atoms with van der Waals surface area (Å²) in [7, 11) is 1.74. The van der Waals surface area contributed by atoms with Crippen molar-refractivity contribution in [3.63, 3.8) is 0 Å². The smallest absolute Gasteiger partial charge is 0.254 e. The maximum atomic E-state index is 13.1. The molecule has 136 valence electrons. The van der Waals surface area contributed by atoms with E-state index in [0.717, 1.165) is 24.1 Å². The zero-order valence-electron chi connectivity index (χ0n) is 15.1. The molecule has 1 aliphatic heterocycles. The Morgan fingerprint density at radius 3 is 2.38 bits per heavy atom. The van der Waals surface area contributed by atoms with Crippen molar-refractivity contribution < 1.29 is 14.0 Å². The molecule has 5 heteroatoms. The predicted octanol–water partition coefficient (Wildman–Crippen LogP) is 3.78. The van der Waals surface area contributed by atoms with E-state index in [0.29, 0.717) is 18.5 Å². The lowest BCUT2D eigenvalue weighted by molar-refractivity contribution is -0.128. The first-order valence-corrected chi connectivity index (χ1v) is 8.85. The molecule has 2 aromatic rings. The molecule has 0 aromatic heterocycles. The molecule has 0 bridgehead atoms. The number of carbonyl (C=O) groups is 2. The molecule has 1 saturated heterocycles. The standard InChI is InChI=1S/C21H23FN2O2/c1-15(17-9-11-19(22)12-10-17)23(2)21(26)18-7-5-16(6-8-18)14-24-13-3-4-20(24)25/h5-12,15H,3-4,13-14H2,1-2H3. The molecule has 1 atom stereocenters. The van der Waals surface area contributed by atoms with Gasteiger partial charge < -0.3 is 9.80 Å². The summed E-state index contributed by atoms with van der Waals surface area (Å²) in [6.45, 7) is 3.31. The van der Waals surface area contributed by atoms with Crippen LogP contribution in [0.25, 0.3) is 0 Å². The van der Waals surface area contributed by atoms with E-state index in [1.165, 1.54) is 12.1 Å². The third-order valence-electron chi connectivity index (χ3n) is 5.00. The number of amides is 2. The van der Waals surface area contributed by atoms with E-state index in [2.05, 4.69) is 0 Å². The zero-order valence-corrected chi connectivity index (χ0v) is 15.1. The Balaban J connectivity index is 1.66. The number of likely N-dealkylation sites (tertiary alicyclic amines) is 1. The van der Waals surface area contributed by atoms with Crippen molar-refractivity contribution >= 4 is 11.8 Å². The maximum Gasteiger partial charge on any atom is 0.254 e. The van der Waals surface area contributed by atoms with Gasteiger partial charge in [0.1, 0.15) is 5.82 Å². The van der Waals surface area contributed by atoms with Crippen LogP contribution in [-0.4, -0.2) is 35.2 Å². The van der Waals surface area contributed by atoms with Crippen LogP contribution >= 0.6 is 0 Å². The molecular formula is C21H23FN2O2. The van der Waals surface area contributed by atoms with Crippen molar-refractivity contribution in [2.24, 2.45) is 0 Å². The lowest BCUT2D eigenvalue weighted by Gasteiger charge is -2.25. The first-order chi connectivity index (χ1) is 12.5. The van der Waals surface area contributed by atoms with Gasteiger partial charge in [-0.05, 0) is 48.7 Å². The summed E-state index contributed by atoms with van der Waals surface area (Å²) in [5, 5.41) is 0. The number of hydrogen-bond acceptors (Lipinski definition) is 2. The molecule has 1 heterocycles. The molecule has 3 rings (SSSR count). The summed E-state index contributed by atoms with van der Waals surface area (Å²) in [5.74, 6) is -0.189. The summed E-state index contributed by atoms with van der Waals surface area (Å²) in [4.78, 5) is 27.9.